The molecule has 1 aliphatic rings. The second-order valence-corrected chi connectivity index (χ2v) is 7.58. The van der Waals surface area contributed by atoms with Gasteiger partial charge in [0.05, 0.1) is 19.4 Å². The Morgan fingerprint density at radius 1 is 1.23 bits per heavy atom. The van der Waals surface area contributed by atoms with Crippen molar-refractivity contribution in [2.24, 2.45) is 5.92 Å². The predicted molar refractivity (Wildman–Crippen MR) is 105 cm³/mol. The van der Waals surface area contributed by atoms with E-state index in [0.29, 0.717) is 5.92 Å². The minimum Gasteiger partial charge on any atom is -0.497 e. The summed E-state index contributed by atoms with van der Waals surface area (Å²) >= 11 is 0. The van der Waals surface area contributed by atoms with Gasteiger partial charge in [0, 0.05) is 25.3 Å². The molecule has 4 nitrogen and oxygen atoms in total. The lowest BCUT2D eigenvalue weighted by Crippen LogP contribution is -2.40. The SMILES string of the molecule is COc1cccc(Cc2cc(C)nc([C@@H]3CN(CC(C)C)CCO3)c2)c1. The Morgan fingerprint density at radius 2 is 2.08 bits per heavy atom. The van der Waals surface area contributed by atoms with Crippen molar-refractivity contribution in [1.29, 1.82) is 0 Å². The van der Waals surface area contributed by atoms with Gasteiger partial charge in [-0.25, -0.2) is 0 Å². The summed E-state index contributed by atoms with van der Waals surface area (Å²) in [5.74, 6) is 1.57. The van der Waals surface area contributed by atoms with Crippen LogP contribution >= 0.6 is 0 Å². The van der Waals surface area contributed by atoms with E-state index in [4.69, 9.17) is 14.5 Å². The van der Waals surface area contributed by atoms with Gasteiger partial charge in [0.15, 0.2) is 0 Å². The fourth-order valence-electron chi connectivity index (χ4n) is 3.62. The zero-order valence-electron chi connectivity index (χ0n) is 16.4. The highest BCUT2D eigenvalue weighted by Gasteiger charge is 2.24. The molecule has 3 rings (SSSR count). The van der Waals surface area contributed by atoms with Crippen molar-refractivity contribution in [1.82, 2.24) is 9.88 Å². The van der Waals surface area contributed by atoms with Gasteiger partial charge < -0.3 is 9.47 Å². The number of hydrogen-bond acceptors (Lipinski definition) is 4. The van der Waals surface area contributed by atoms with E-state index in [1.165, 1.54) is 11.1 Å². The Bertz CT molecular complexity index is 730. The molecule has 2 aromatic rings. The average Bonchev–Trinajstić information content (AvgIpc) is 2.61. The summed E-state index contributed by atoms with van der Waals surface area (Å²) < 4.78 is 11.4. The Morgan fingerprint density at radius 3 is 2.85 bits per heavy atom. The van der Waals surface area contributed by atoms with Gasteiger partial charge in [0.1, 0.15) is 11.9 Å². The molecule has 4 heteroatoms. The number of ether oxygens (including phenoxy) is 2. The maximum atomic E-state index is 6.05. The van der Waals surface area contributed by atoms with Crippen molar-refractivity contribution in [3.8, 4) is 5.75 Å². The molecule has 0 N–H and O–H groups in total. The lowest BCUT2D eigenvalue weighted by Gasteiger charge is -2.33. The van der Waals surface area contributed by atoms with E-state index in [9.17, 15) is 0 Å². The number of methoxy groups -OCH3 is 1. The van der Waals surface area contributed by atoms with Gasteiger partial charge in [-0.2, -0.15) is 0 Å². The summed E-state index contributed by atoms with van der Waals surface area (Å²) in [6.45, 7) is 10.4. The van der Waals surface area contributed by atoms with Crippen molar-refractivity contribution < 1.29 is 9.47 Å². The van der Waals surface area contributed by atoms with Crippen molar-refractivity contribution in [2.75, 3.05) is 33.4 Å². The highest BCUT2D eigenvalue weighted by atomic mass is 16.5. The maximum Gasteiger partial charge on any atom is 0.119 e. The van der Waals surface area contributed by atoms with E-state index in [2.05, 4.69) is 49.9 Å². The van der Waals surface area contributed by atoms with Gasteiger partial charge in [-0.15, -0.1) is 0 Å². The van der Waals surface area contributed by atoms with Crippen LogP contribution in [0.15, 0.2) is 36.4 Å². The zero-order chi connectivity index (χ0) is 18.5. The summed E-state index contributed by atoms with van der Waals surface area (Å²) in [6, 6.07) is 12.6. The number of rotatable bonds is 6. The highest BCUT2D eigenvalue weighted by Crippen LogP contribution is 2.24. The molecule has 1 saturated heterocycles. The number of morpholine rings is 1. The van der Waals surface area contributed by atoms with Crippen LogP contribution < -0.4 is 4.74 Å². The molecule has 1 aliphatic heterocycles. The average molecular weight is 354 g/mol. The van der Waals surface area contributed by atoms with Crippen molar-refractivity contribution in [2.45, 2.75) is 33.3 Å². The van der Waals surface area contributed by atoms with Gasteiger partial charge in [-0.3, -0.25) is 9.88 Å². The normalized spacial score (nSPS) is 18.3. The van der Waals surface area contributed by atoms with Crippen LogP contribution in [0, 0.1) is 12.8 Å². The molecule has 26 heavy (non-hydrogen) atoms. The molecular formula is C22H30N2O2. The van der Waals surface area contributed by atoms with Crippen LogP contribution in [0.1, 0.15) is 42.5 Å². The van der Waals surface area contributed by atoms with Crippen LogP contribution in [0.3, 0.4) is 0 Å². The smallest absolute Gasteiger partial charge is 0.119 e. The first kappa shape index (κ1) is 18.9. The first-order valence-corrected chi connectivity index (χ1v) is 9.48. The fraction of sp³-hybridized carbons (Fsp3) is 0.500. The molecule has 0 spiro atoms. The number of benzene rings is 1. The van der Waals surface area contributed by atoms with E-state index in [-0.39, 0.29) is 6.10 Å². The fourth-order valence-corrected chi connectivity index (χ4v) is 3.62. The molecule has 2 heterocycles. The third-order valence-electron chi connectivity index (χ3n) is 4.68. The summed E-state index contributed by atoms with van der Waals surface area (Å²) in [5.41, 5.74) is 4.61. The van der Waals surface area contributed by atoms with Gasteiger partial charge in [0.25, 0.3) is 0 Å². The minimum absolute atomic E-state index is 0.0615. The summed E-state index contributed by atoms with van der Waals surface area (Å²) in [4.78, 5) is 7.26. The second-order valence-electron chi connectivity index (χ2n) is 7.58. The molecule has 1 atom stereocenters. The Hall–Kier alpha value is -1.91. The van der Waals surface area contributed by atoms with Gasteiger partial charge in [-0.1, -0.05) is 26.0 Å². The molecule has 1 aromatic carbocycles. The number of aromatic nitrogens is 1. The molecule has 0 aliphatic carbocycles. The van der Waals surface area contributed by atoms with Gasteiger partial charge >= 0.3 is 0 Å². The quantitative estimate of drug-likeness (QED) is 0.785. The monoisotopic (exact) mass is 354 g/mol. The standard InChI is InChI=1S/C22H30N2O2/c1-16(2)14-24-8-9-26-22(15-24)21-13-19(10-17(3)23-21)11-18-6-5-7-20(12-18)25-4/h5-7,10,12-13,16,22H,8-9,11,14-15H2,1-4H3/t22-/m0/s1. The van der Waals surface area contributed by atoms with Gasteiger partial charge in [0.2, 0.25) is 0 Å². The van der Waals surface area contributed by atoms with Crippen molar-refractivity contribution >= 4 is 0 Å². The number of pyridine rings is 1. The van der Waals surface area contributed by atoms with Crippen LogP contribution in [0.5, 0.6) is 5.75 Å². The summed E-state index contributed by atoms with van der Waals surface area (Å²) in [6.07, 6.45) is 0.933. The second kappa shape index (κ2) is 8.65. The van der Waals surface area contributed by atoms with Crippen LogP contribution in [0.4, 0.5) is 0 Å². The van der Waals surface area contributed by atoms with Crippen molar-refractivity contribution in [3.05, 3.63) is 58.9 Å². The third kappa shape index (κ3) is 5.05. The molecule has 0 amide bonds. The lowest BCUT2D eigenvalue weighted by atomic mass is 10.0. The molecule has 140 valence electrons. The molecule has 0 radical (unpaired) electrons. The molecular weight excluding hydrogens is 324 g/mol. The number of nitrogens with zero attached hydrogens (tertiary/aromatic N) is 2. The first-order valence-electron chi connectivity index (χ1n) is 9.48. The van der Waals surface area contributed by atoms with Crippen LogP contribution in [0.2, 0.25) is 0 Å². The van der Waals surface area contributed by atoms with Crippen LogP contribution in [-0.2, 0) is 11.2 Å². The largest absolute Gasteiger partial charge is 0.497 e. The molecule has 0 unspecified atom stereocenters. The van der Waals surface area contributed by atoms with Crippen molar-refractivity contribution in [3.63, 3.8) is 0 Å². The highest BCUT2D eigenvalue weighted by molar-refractivity contribution is 5.34. The maximum absolute atomic E-state index is 6.05. The molecule has 0 bridgehead atoms. The Balaban J connectivity index is 1.76. The zero-order valence-corrected chi connectivity index (χ0v) is 16.4. The van der Waals surface area contributed by atoms with Crippen LogP contribution in [-0.4, -0.2) is 43.2 Å². The van der Waals surface area contributed by atoms with E-state index < -0.39 is 0 Å². The van der Waals surface area contributed by atoms with E-state index in [1.54, 1.807) is 7.11 Å². The predicted octanol–water partition coefficient (Wildman–Crippen LogP) is 4.02. The van der Waals surface area contributed by atoms with Gasteiger partial charge in [-0.05, 0) is 54.7 Å². The molecule has 1 fully saturated rings. The lowest BCUT2D eigenvalue weighted by molar-refractivity contribution is -0.0353. The summed E-state index contributed by atoms with van der Waals surface area (Å²) in [5, 5.41) is 0. The topological polar surface area (TPSA) is 34.6 Å². The third-order valence-corrected chi connectivity index (χ3v) is 4.68. The van der Waals surface area contributed by atoms with E-state index in [1.807, 2.05) is 12.1 Å². The molecule has 0 saturated carbocycles. The number of aryl methyl sites for hydroxylation is 1. The molecule has 1 aromatic heterocycles. The Labute approximate surface area is 157 Å². The minimum atomic E-state index is 0.0615. The van der Waals surface area contributed by atoms with E-state index in [0.717, 1.165) is 49.8 Å². The summed E-state index contributed by atoms with van der Waals surface area (Å²) in [7, 11) is 1.71. The van der Waals surface area contributed by atoms with Crippen LogP contribution in [0.25, 0.3) is 0 Å². The first-order chi connectivity index (χ1) is 12.5. The number of hydrogen-bond donors (Lipinski definition) is 0. The Kier molecular flexibility index (Phi) is 6.28. The van der Waals surface area contributed by atoms with E-state index >= 15 is 0 Å².